The highest BCUT2D eigenvalue weighted by Gasteiger charge is 2.59. The Morgan fingerprint density at radius 3 is 2.40 bits per heavy atom. The van der Waals surface area contributed by atoms with Crippen molar-refractivity contribution in [1.82, 2.24) is 0 Å². The fourth-order valence-electron chi connectivity index (χ4n) is 1.42. The van der Waals surface area contributed by atoms with Crippen LogP contribution in [0.25, 0.3) is 0 Å². The summed E-state index contributed by atoms with van der Waals surface area (Å²) in [6.07, 6.45) is 2.39. The van der Waals surface area contributed by atoms with Gasteiger partial charge in [0.05, 0.1) is 0 Å². The molecular formula is C7H12O2S. The molecule has 0 aromatic carbocycles. The molecule has 0 aromatic rings. The third-order valence-corrected chi connectivity index (χ3v) is 4.06. The topological polar surface area (TPSA) is 18.5 Å². The van der Waals surface area contributed by atoms with Gasteiger partial charge in [0.2, 0.25) is 0 Å². The van der Waals surface area contributed by atoms with Crippen molar-refractivity contribution < 1.29 is 9.78 Å². The summed E-state index contributed by atoms with van der Waals surface area (Å²) in [4.78, 5) is 10.1. The average Bonchev–Trinajstić information content (AvgIpc) is 1.92. The second kappa shape index (κ2) is 1.90. The van der Waals surface area contributed by atoms with Crippen LogP contribution in [0.3, 0.4) is 0 Å². The largest absolute Gasteiger partial charge is 0.225 e. The van der Waals surface area contributed by atoms with Crippen molar-refractivity contribution in [3.63, 3.8) is 0 Å². The fraction of sp³-hybridized carbons (Fsp3) is 1.00. The van der Waals surface area contributed by atoms with Crippen LogP contribution in [0.2, 0.25) is 0 Å². The van der Waals surface area contributed by atoms with E-state index in [1.54, 1.807) is 0 Å². The van der Waals surface area contributed by atoms with E-state index in [0.717, 1.165) is 6.42 Å². The molecule has 10 heavy (non-hydrogen) atoms. The molecule has 2 fully saturated rings. The van der Waals surface area contributed by atoms with Crippen molar-refractivity contribution in [1.29, 1.82) is 0 Å². The van der Waals surface area contributed by atoms with E-state index >= 15 is 0 Å². The lowest BCUT2D eigenvalue weighted by atomic mass is 9.92. The van der Waals surface area contributed by atoms with Gasteiger partial charge in [0.1, 0.15) is 5.60 Å². The van der Waals surface area contributed by atoms with Crippen molar-refractivity contribution in [2.45, 2.75) is 37.2 Å². The van der Waals surface area contributed by atoms with Crippen LogP contribution in [-0.4, -0.2) is 16.3 Å². The number of thioether (sulfide) groups is 1. The van der Waals surface area contributed by atoms with Crippen molar-refractivity contribution in [3.05, 3.63) is 0 Å². The van der Waals surface area contributed by atoms with E-state index in [0.29, 0.717) is 0 Å². The molecule has 0 aliphatic carbocycles. The van der Waals surface area contributed by atoms with Gasteiger partial charge in [-0.3, -0.25) is 0 Å². The molecule has 0 bridgehead atoms. The lowest BCUT2D eigenvalue weighted by molar-refractivity contribution is -0.518. The van der Waals surface area contributed by atoms with Crippen LogP contribution in [0.1, 0.15) is 26.7 Å². The van der Waals surface area contributed by atoms with Gasteiger partial charge >= 0.3 is 0 Å². The number of hydrogen-bond donors (Lipinski definition) is 0. The summed E-state index contributed by atoms with van der Waals surface area (Å²) in [5.41, 5.74) is -0.00405. The Morgan fingerprint density at radius 2 is 2.10 bits per heavy atom. The van der Waals surface area contributed by atoms with E-state index in [2.05, 4.69) is 13.8 Å². The number of hydrogen-bond acceptors (Lipinski definition) is 3. The van der Waals surface area contributed by atoms with Crippen molar-refractivity contribution in [3.8, 4) is 0 Å². The second-order valence-electron chi connectivity index (χ2n) is 3.30. The molecule has 0 unspecified atom stereocenters. The molecule has 2 nitrogen and oxygen atoms in total. The molecule has 2 aliphatic heterocycles. The zero-order valence-corrected chi connectivity index (χ0v) is 7.16. The normalized spacial score (nSPS) is 53.4. The minimum Gasteiger partial charge on any atom is -0.225 e. The van der Waals surface area contributed by atoms with Crippen molar-refractivity contribution in [2.75, 3.05) is 5.75 Å². The Kier molecular flexibility index (Phi) is 1.32. The minimum absolute atomic E-state index is 0.00405. The maximum absolute atomic E-state index is 5.10. The van der Waals surface area contributed by atoms with Gasteiger partial charge in [0.15, 0.2) is 4.93 Å². The van der Waals surface area contributed by atoms with E-state index in [4.69, 9.17) is 9.78 Å². The zero-order valence-electron chi connectivity index (χ0n) is 6.35. The van der Waals surface area contributed by atoms with Gasteiger partial charge in [-0.15, -0.1) is 11.8 Å². The fourth-order valence-corrected chi connectivity index (χ4v) is 2.62. The Balaban J connectivity index is 2.17. The van der Waals surface area contributed by atoms with Crippen molar-refractivity contribution in [2.24, 2.45) is 0 Å². The van der Waals surface area contributed by atoms with Crippen LogP contribution in [-0.2, 0) is 9.78 Å². The molecule has 0 radical (unpaired) electrons. The molecule has 2 aliphatic rings. The molecule has 0 aromatic heterocycles. The first-order valence-electron chi connectivity index (χ1n) is 3.67. The van der Waals surface area contributed by atoms with Gasteiger partial charge in [-0.2, -0.15) is 0 Å². The van der Waals surface area contributed by atoms with Crippen LogP contribution >= 0.6 is 11.8 Å². The standard InChI is InChI=1S/C7H12O2S/c1-6-4-3-5-10-7(6,2)9-8-6/h3-5H2,1-2H3/t6-,7+/m1/s1. The first-order chi connectivity index (χ1) is 4.66. The van der Waals surface area contributed by atoms with Gasteiger partial charge in [0.25, 0.3) is 0 Å². The predicted molar refractivity (Wildman–Crippen MR) is 40.7 cm³/mol. The molecule has 3 heteroatoms. The lowest BCUT2D eigenvalue weighted by Crippen LogP contribution is -2.63. The lowest BCUT2D eigenvalue weighted by Gasteiger charge is -2.54. The Labute approximate surface area is 65.2 Å². The molecule has 58 valence electrons. The minimum atomic E-state index is -0.0503. The molecule has 2 saturated heterocycles. The van der Waals surface area contributed by atoms with E-state index in [-0.39, 0.29) is 10.5 Å². The summed E-state index contributed by atoms with van der Waals surface area (Å²) in [5, 5.41) is 0. The monoisotopic (exact) mass is 160 g/mol. The van der Waals surface area contributed by atoms with Crippen LogP contribution in [0, 0.1) is 0 Å². The van der Waals surface area contributed by atoms with E-state index in [1.165, 1.54) is 12.2 Å². The average molecular weight is 160 g/mol. The maximum Gasteiger partial charge on any atom is 0.178 e. The highest BCUT2D eigenvalue weighted by molar-refractivity contribution is 8.00. The van der Waals surface area contributed by atoms with Gasteiger partial charge in [-0.1, -0.05) is 0 Å². The summed E-state index contributed by atoms with van der Waals surface area (Å²) in [7, 11) is 0. The quantitative estimate of drug-likeness (QED) is 0.505. The van der Waals surface area contributed by atoms with Crippen LogP contribution < -0.4 is 0 Å². The van der Waals surface area contributed by atoms with E-state index in [1.807, 2.05) is 11.8 Å². The Morgan fingerprint density at radius 1 is 1.30 bits per heavy atom. The third-order valence-electron chi connectivity index (χ3n) is 2.52. The smallest absolute Gasteiger partial charge is 0.178 e. The Bertz CT molecular complexity index is 144. The SMILES string of the molecule is C[C@@]12CCCS[C@]1(C)OO2. The van der Waals surface area contributed by atoms with E-state index < -0.39 is 0 Å². The summed E-state index contributed by atoms with van der Waals surface area (Å²) < 4.78 is 0. The Hall–Kier alpha value is 0.270. The molecular weight excluding hydrogens is 148 g/mol. The summed E-state index contributed by atoms with van der Waals surface area (Å²) in [6.45, 7) is 4.24. The zero-order chi connectivity index (χ0) is 7.24. The van der Waals surface area contributed by atoms with Gasteiger partial charge in [-0.25, -0.2) is 9.78 Å². The second-order valence-corrected chi connectivity index (χ2v) is 4.77. The highest BCUT2D eigenvalue weighted by atomic mass is 32.2. The van der Waals surface area contributed by atoms with E-state index in [9.17, 15) is 0 Å². The third kappa shape index (κ3) is 0.684. The van der Waals surface area contributed by atoms with Crippen LogP contribution in [0.4, 0.5) is 0 Å². The molecule has 0 N–H and O–H groups in total. The van der Waals surface area contributed by atoms with Gasteiger partial charge < -0.3 is 0 Å². The predicted octanol–water partition coefficient (Wildman–Crippen LogP) is 1.95. The maximum atomic E-state index is 5.10. The first kappa shape index (κ1) is 6.95. The summed E-state index contributed by atoms with van der Waals surface area (Å²) >= 11 is 1.87. The van der Waals surface area contributed by atoms with Crippen molar-refractivity contribution >= 4 is 11.8 Å². The summed E-state index contributed by atoms with van der Waals surface area (Å²) in [6, 6.07) is 0. The van der Waals surface area contributed by atoms with Crippen LogP contribution in [0.15, 0.2) is 0 Å². The number of rotatable bonds is 0. The summed E-state index contributed by atoms with van der Waals surface area (Å²) in [5.74, 6) is 1.20. The number of fused-ring (bicyclic) bond motifs is 1. The molecule has 0 spiro atoms. The highest BCUT2D eigenvalue weighted by Crippen LogP contribution is 2.53. The molecule has 2 atom stereocenters. The molecule has 2 heterocycles. The molecule has 0 amide bonds. The molecule has 2 rings (SSSR count). The van der Waals surface area contributed by atoms with Crippen LogP contribution in [0.5, 0.6) is 0 Å². The van der Waals surface area contributed by atoms with Gasteiger partial charge in [0, 0.05) is 0 Å². The first-order valence-corrected chi connectivity index (χ1v) is 4.66. The van der Waals surface area contributed by atoms with Gasteiger partial charge in [-0.05, 0) is 32.4 Å². The molecule has 0 saturated carbocycles.